The maximum absolute atomic E-state index is 12.7. The Hall–Kier alpha value is -2.86. The normalized spacial score (nSPS) is 12.5. The van der Waals surface area contributed by atoms with Gasteiger partial charge in [-0.1, -0.05) is 56.3 Å². The number of ether oxygens (including phenoxy) is 3. The Morgan fingerprint density at radius 1 is 0.935 bits per heavy atom. The molecule has 2 aromatic carbocycles. The zero-order valence-electron chi connectivity index (χ0n) is 19.3. The molecular weight excluding hydrogens is 394 g/mol. The van der Waals surface area contributed by atoms with Gasteiger partial charge in [-0.05, 0) is 57.0 Å². The molecule has 6 heteroatoms. The molecule has 168 valence electrons. The molecule has 0 aliphatic carbocycles. The smallest absolute Gasteiger partial charge is 0.460 e. The number of carbonyl (C=O) groups excluding carboxylic acids is 2. The second-order valence-electron chi connectivity index (χ2n) is 8.91. The Balaban J connectivity index is 1.94. The van der Waals surface area contributed by atoms with E-state index < -0.39 is 11.8 Å². The zero-order chi connectivity index (χ0) is 23.0. The van der Waals surface area contributed by atoms with Crippen LogP contribution in [-0.4, -0.2) is 35.7 Å². The Morgan fingerprint density at radius 3 is 2.10 bits per heavy atom. The summed E-state index contributed by atoms with van der Waals surface area (Å²) in [6, 6.07) is 16.4. The molecule has 0 aliphatic rings. The highest BCUT2D eigenvalue weighted by atomic mass is 16.7. The van der Waals surface area contributed by atoms with Gasteiger partial charge in [-0.15, -0.1) is 0 Å². The first-order valence-corrected chi connectivity index (χ1v) is 10.5. The predicted octanol–water partition coefficient (Wildman–Crippen LogP) is 5.20. The summed E-state index contributed by atoms with van der Waals surface area (Å²) in [5, 5.41) is 0. The second kappa shape index (κ2) is 11.0. The van der Waals surface area contributed by atoms with Crippen LogP contribution in [0.5, 0.6) is 5.75 Å². The lowest BCUT2D eigenvalue weighted by atomic mass is 10.0. The third-order valence-electron chi connectivity index (χ3n) is 4.52. The van der Waals surface area contributed by atoms with Crippen LogP contribution in [0, 0.1) is 5.92 Å². The summed E-state index contributed by atoms with van der Waals surface area (Å²) < 4.78 is 15.9. The lowest BCUT2D eigenvalue weighted by Crippen LogP contribution is -2.43. The summed E-state index contributed by atoms with van der Waals surface area (Å²) >= 11 is 0. The highest BCUT2D eigenvalue weighted by Crippen LogP contribution is 2.19. The van der Waals surface area contributed by atoms with Crippen molar-refractivity contribution in [3.63, 3.8) is 0 Å². The van der Waals surface area contributed by atoms with Gasteiger partial charge in [-0.25, -0.2) is 4.79 Å². The molecule has 0 amide bonds. The van der Waals surface area contributed by atoms with Gasteiger partial charge in [0.15, 0.2) is 0 Å². The van der Waals surface area contributed by atoms with Crippen LogP contribution >= 0.6 is 0 Å². The SMILES string of the molecule is CC(C)[C@@H](C(=O)OCc1ccccc1)N(C)Cc1ccc(OC(=O)OC(C)(C)C)cc1. The first-order chi connectivity index (χ1) is 14.5. The van der Waals surface area contributed by atoms with E-state index in [0.717, 1.165) is 11.1 Å². The summed E-state index contributed by atoms with van der Waals surface area (Å²) in [4.78, 5) is 26.5. The molecule has 0 heterocycles. The van der Waals surface area contributed by atoms with Crippen molar-refractivity contribution in [1.82, 2.24) is 4.90 Å². The van der Waals surface area contributed by atoms with Gasteiger partial charge in [0.2, 0.25) is 0 Å². The zero-order valence-corrected chi connectivity index (χ0v) is 19.3. The number of esters is 1. The minimum absolute atomic E-state index is 0.0862. The molecule has 6 nitrogen and oxygen atoms in total. The number of hydrogen-bond acceptors (Lipinski definition) is 6. The van der Waals surface area contributed by atoms with Crippen molar-refractivity contribution < 1.29 is 23.8 Å². The lowest BCUT2D eigenvalue weighted by molar-refractivity contribution is -0.153. The van der Waals surface area contributed by atoms with Crippen molar-refractivity contribution in [2.24, 2.45) is 5.92 Å². The van der Waals surface area contributed by atoms with Gasteiger partial charge in [-0.3, -0.25) is 9.69 Å². The van der Waals surface area contributed by atoms with E-state index in [9.17, 15) is 9.59 Å². The molecule has 0 saturated carbocycles. The maximum Gasteiger partial charge on any atom is 0.514 e. The molecule has 31 heavy (non-hydrogen) atoms. The lowest BCUT2D eigenvalue weighted by Gasteiger charge is -2.29. The first-order valence-electron chi connectivity index (χ1n) is 10.5. The fraction of sp³-hybridized carbons (Fsp3) is 0.440. The van der Waals surface area contributed by atoms with Crippen molar-refractivity contribution in [2.45, 2.75) is 59.4 Å². The van der Waals surface area contributed by atoms with Gasteiger partial charge in [0, 0.05) is 6.54 Å². The van der Waals surface area contributed by atoms with Crippen molar-refractivity contribution in [3.8, 4) is 5.75 Å². The summed E-state index contributed by atoms with van der Waals surface area (Å²) in [7, 11) is 1.90. The minimum atomic E-state index is -0.738. The molecule has 0 saturated heterocycles. The number of likely N-dealkylation sites (N-methyl/N-ethyl adjacent to an activating group) is 1. The van der Waals surface area contributed by atoms with Crippen LogP contribution in [0.15, 0.2) is 54.6 Å². The van der Waals surface area contributed by atoms with E-state index in [2.05, 4.69) is 0 Å². The average molecular weight is 428 g/mol. The van der Waals surface area contributed by atoms with Crippen LogP contribution in [-0.2, 0) is 27.4 Å². The first kappa shape index (κ1) is 24.4. The Bertz CT molecular complexity index is 840. The van der Waals surface area contributed by atoms with Crippen molar-refractivity contribution >= 4 is 12.1 Å². The molecule has 0 N–H and O–H groups in total. The van der Waals surface area contributed by atoms with Gasteiger partial charge in [0.25, 0.3) is 0 Å². The van der Waals surface area contributed by atoms with Crippen LogP contribution < -0.4 is 4.74 Å². The molecule has 2 rings (SSSR count). The molecule has 1 atom stereocenters. The quantitative estimate of drug-likeness (QED) is 0.426. The van der Waals surface area contributed by atoms with Gasteiger partial charge in [-0.2, -0.15) is 0 Å². The van der Waals surface area contributed by atoms with Crippen molar-refractivity contribution in [1.29, 1.82) is 0 Å². The summed E-state index contributed by atoms with van der Waals surface area (Å²) in [5.74, 6) is 0.248. The third-order valence-corrected chi connectivity index (χ3v) is 4.52. The topological polar surface area (TPSA) is 65.1 Å². The van der Waals surface area contributed by atoms with Crippen molar-refractivity contribution in [3.05, 3.63) is 65.7 Å². The fourth-order valence-electron chi connectivity index (χ4n) is 3.19. The van der Waals surface area contributed by atoms with Crippen LogP contribution in [0.2, 0.25) is 0 Å². The Morgan fingerprint density at radius 2 is 1.55 bits per heavy atom. The summed E-state index contributed by atoms with van der Waals surface area (Å²) in [6.07, 6.45) is -0.738. The number of nitrogens with zero attached hydrogens (tertiary/aromatic N) is 1. The summed E-state index contributed by atoms with van der Waals surface area (Å²) in [6.45, 7) is 10.2. The van der Waals surface area contributed by atoms with Gasteiger partial charge in [0.1, 0.15) is 24.0 Å². The molecule has 0 fully saturated rings. The van der Waals surface area contributed by atoms with E-state index in [1.165, 1.54) is 0 Å². The van der Waals surface area contributed by atoms with Crippen LogP contribution in [0.1, 0.15) is 45.7 Å². The fourth-order valence-corrected chi connectivity index (χ4v) is 3.19. The number of hydrogen-bond donors (Lipinski definition) is 0. The van der Waals surface area contributed by atoms with E-state index in [4.69, 9.17) is 14.2 Å². The average Bonchev–Trinajstić information content (AvgIpc) is 2.67. The van der Waals surface area contributed by atoms with E-state index in [1.54, 1.807) is 32.9 Å². The Kier molecular flexibility index (Phi) is 8.63. The second-order valence-corrected chi connectivity index (χ2v) is 8.91. The van der Waals surface area contributed by atoms with E-state index in [-0.39, 0.29) is 24.5 Å². The van der Waals surface area contributed by atoms with E-state index in [1.807, 2.05) is 68.3 Å². The van der Waals surface area contributed by atoms with Gasteiger partial charge >= 0.3 is 12.1 Å². The molecule has 0 aliphatic heterocycles. The largest absolute Gasteiger partial charge is 0.514 e. The number of benzene rings is 2. The molecule has 0 aromatic heterocycles. The molecule has 0 spiro atoms. The molecule has 0 bridgehead atoms. The highest BCUT2D eigenvalue weighted by Gasteiger charge is 2.28. The highest BCUT2D eigenvalue weighted by molar-refractivity contribution is 5.76. The minimum Gasteiger partial charge on any atom is -0.460 e. The molecule has 2 aromatic rings. The van der Waals surface area contributed by atoms with Crippen LogP contribution in [0.4, 0.5) is 4.79 Å². The van der Waals surface area contributed by atoms with Gasteiger partial charge in [0.05, 0.1) is 0 Å². The van der Waals surface area contributed by atoms with Crippen LogP contribution in [0.25, 0.3) is 0 Å². The third kappa shape index (κ3) is 8.42. The number of carbonyl (C=O) groups is 2. The molecular formula is C25H33NO5. The maximum atomic E-state index is 12.7. The van der Waals surface area contributed by atoms with Crippen molar-refractivity contribution in [2.75, 3.05) is 7.05 Å². The summed E-state index contributed by atoms with van der Waals surface area (Å²) in [5.41, 5.74) is 1.34. The predicted molar refractivity (Wildman–Crippen MR) is 120 cm³/mol. The van der Waals surface area contributed by atoms with Gasteiger partial charge < -0.3 is 14.2 Å². The van der Waals surface area contributed by atoms with E-state index in [0.29, 0.717) is 12.3 Å². The van der Waals surface area contributed by atoms with Crippen LogP contribution in [0.3, 0.4) is 0 Å². The monoisotopic (exact) mass is 427 g/mol. The molecule has 0 radical (unpaired) electrons. The molecule has 0 unspecified atom stereocenters. The Labute approximate surface area is 185 Å². The standard InChI is InChI=1S/C25H33NO5/c1-18(2)22(23(27)29-17-20-10-8-7-9-11-20)26(6)16-19-12-14-21(15-13-19)30-24(28)31-25(3,4)5/h7-15,18,22H,16-17H2,1-6H3/t22-/m0/s1. The number of rotatable bonds is 8. The van der Waals surface area contributed by atoms with E-state index >= 15 is 0 Å².